The Morgan fingerprint density at radius 3 is 0.806 bits per heavy atom. The molecule has 0 unspecified atom stereocenters. The van der Waals surface area contributed by atoms with E-state index in [0.29, 0.717) is 0 Å². The topological polar surface area (TPSA) is 0 Å². The first-order valence-corrected chi connectivity index (χ1v) is 18.5. The van der Waals surface area contributed by atoms with Crippen molar-refractivity contribution in [3.63, 3.8) is 0 Å². The van der Waals surface area contributed by atoms with Crippen LogP contribution >= 0.6 is 0 Å². The van der Waals surface area contributed by atoms with Crippen molar-refractivity contribution in [2.75, 3.05) is 0 Å². The van der Waals surface area contributed by atoms with E-state index in [4.69, 9.17) is 0 Å². The molecule has 0 spiro atoms. The van der Waals surface area contributed by atoms with E-state index in [1.807, 2.05) is 0 Å². The lowest BCUT2D eigenvalue weighted by atomic mass is 10.0. The third-order valence-corrected chi connectivity index (χ3v) is 8.33. The lowest BCUT2D eigenvalue weighted by Gasteiger charge is -2.14. The maximum absolute atomic E-state index is 2.63. The van der Waals surface area contributed by atoms with Crippen molar-refractivity contribution in [2.24, 2.45) is 0 Å². The summed E-state index contributed by atoms with van der Waals surface area (Å²) in [5, 5.41) is 0. The number of rotatable bonds is 26. The Morgan fingerprint density at radius 2 is 0.581 bits per heavy atom. The highest BCUT2D eigenvalue weighted by molar-refractivity contribution is 6.79. The molecule has 0 fully saturated rings. The molecule has 0 N–H and O–H groups in total. The molecule has 0 heterocycles. The van der Waals surface area contributed by atoms with E-state index in [9.17, 15) is 0 Å². The molecule has 0 saturated heterocycles. The number of hydrogen-bond acceptors (Lipinski definition) is 0. The second kappa shape index (κ2) is 24.9. The fourth-order valence-corrected chi connectivity index (χ4v) is 5.71. The molecule has 1 heteroatoms. The predicted molar refractivity (Wildman–Crippen MR) is 149 cm³/mol. The average molecular weight is 452 g/mol. The van der Waals surface area contributed by atoms with Gasteiger partial charge in [-0.3, -0.25) is 0 Å². The summed E-state index contributed by atoms with van der Waals surface area (Å²) >= 11 is 0. The molecule has 31 heavy (non-hydrogen) atoms. The van der Waals surface area contributed by atoms with Gasteiger partial charge in [-0.05, 0) is 6.04 Å². The summed E-state index contributed by atoms with van der Waals surface area (Å²) in [6.07, 6.45) is 36.8. The normalized spacial score (nSPS) is 12.0. The number of unbranched alkanes of at least 4 members (excludes halogenated alkanes) is 24. The maximum Gasteiger partial charge on any atom is 0.0473 e. The standard InChI is InChI=1S/C30H63Si/c1-5-6-7-8-9-10-11-12-13-14-15-16-17-18-19-20-21-22-23-24-25-26-27-28-29-30-31(2,3)4/h30H,5-29H2,1-4H3. The monoisotopic (exact) mass is 451 g/mol. The lowest BCUT2D eigenvalue weighted by molar-refractivity contribution is 0.517. The second-order valence-electron chi connectivity index (χ2n) is 11.5. The molecule has 0 aromatic carbocycles. The minimum atomic E-state index is -0.902. The Labute approximate surface area is 201 Å². The quantitative estimate of drug-likeness (QED) is 0.0905. The van der Waals surface area contributed by atoms with Crippen LogP contribution in [0, 0.1) is 6.04 Å². The van der Waals surface area contributed by atoms with Crippen LogP contribution in [0.15, 0.2) is 0 Å². The third kappa shape index (κ3) is 30.2. The summed E-state index contributed by atoms with van der Waals surface area (Å²) in [7, 11) is -0.902. The van der Waals surface area contributed by atoms with Gasteiger partial charge >= 0.3 is 0 Å². The second-order valence-corrected chi connectivity index (χ2v) is 16.6. The van der Waals surface area contributed by atoms with E-state index in [-0.39, 0.29) is 0 Å². The summed E-state index contributed by atoms with van der Waals surface area (Å²) in [6, 6.07) is 2.63. The summed E-state index contributed by atoms with van der Waals surface area (Å²) < 4.78 is 0. The molecule has 1 radical (unpaired) electrons. The van der Waals surface area contributed by atoms with Crippen LogP contribution in [-0.4, -0.2) is 8.07 Å². The molecular weight excluding hydrogens is 388 g/mol. The van der Waals surface area contributed by atoms with E-state index < -0.39 is 8.07 Å². The van der Waals surface area contributed by atoms with Crippen molar-refractivity contribution in [1.82, 2.24) is 0 Å². The Balaban J connectivity index is 3.02. The largest absolute Gasteiger partial charge is 0.0693 e. The van der Waals surface area contributed by atoms with Gasteiger partial charge in [0.1, 0.15) is 0 Å². The third-order valence-electron chi connectivity index (χ3n) is 6.81. The zero-order valence-corrected chi connectivity index (χ0v) is 23.8. The zero-order valence-electron chi connectivity index (χ0n) is 22.8. The Morgan fingerprint density at radius 1 is 0.355 bits per heavy atom. The highest BCUT2D eigenvalue weighted by Gasteiger charge is 2.11. The van der Waals surface area contributed by atoms with Gasteiger partial charge in [-0.15, -0.1) is 0 Å². The summed E-state index contributed by atoms with van der Waals surface area (Å²) in [5.41, 5.74) is 0. The minimum Gasteiger partial charge on any atom is -0.0693 e. The zero-order chi connectivity index (χ0) is 22.9. The van der Waals surface area contributed by atoms with Crippen molar-refractivity contribution >= 4 is 8.07 Å². The first-order chi connectivity index (χ1) is 15.1. The van der Waals surface area contributed by atoms with Crippen molar-refractivity contribution < 1.29 is 0 Å². The van der Waals surface area contributed by atoms with E-state index in [1.54, 1.807) is 0 Å². The van der Waals surface area contributed by atoms with Gasteiger partial charge in [-0.25, -0.2) is 0 Å². The van der Waals surface area contributed by atoms with Crippen LogP contribution in [0.2, 0.25) is 19.6 Å². The smallest absolute Gasteiger partial charge is 0.0473 e. The highest BCUT2D eigenvalue weighted by Crippen LogP contribution is 2.16. The van der Waals surface area contributed by atoms with Crippen molar-refractivity contribution in [1.29, 1.82) is 0 Å². The predicted octanol–water partition coefficient (Wildman–Crippen LogP) is 11.8. The molecule has 0 nitrogen and oxygen atoms in total. The van der Waals surface area contributed by atoms with Crippen LogP contribution in [0.25, 0.3) is 0 Å². The average Bonchev–Trinajstić information content (AvgIpc) is 2.73. The molecule has 0 aromatic heterocycles. The summed E-state index contributed by atoms with van der Waals surface area (Å²) in [4.78, 5) is 0. The summed E-state index contributed by atoms with van der Waals surface area (Å²) in [5.74, 6) is 0. The number of hydrogen-bond donors (Lipinski definition) is 0. The summed E-state index contributed by atoms with van der Waals surface area (Å²) in [6.45, 7) is 9.66. The Kier molecular flexibility index (Phi) is 25.0. The molecule has 0 aliphatic heterocycles. The van der Waals surface area contributed by atoms with E-state index in [2.05, 4.69) is 32.6 Å². The SMILES string of the molecule is CCCCCCCCCCCCCCCCCCCCCCCCCC[CH][Si](C)(C)C. The molecule has 0 bridgehead atoms. The fourth-order valence-electron chi connectivity index (χ4n) is 4.64. The molecular formula is C30H63Si. The molecule has 0 aliphatic rings. The Bertz CT molecular complexity index is 317. The van der Waals surface area contributed by atoms with Gasteiger partial charge in [-0.2, -0.15) is 0 Å². The van der Waals surface area contributed by atoms with Crippen LogP contribution in [0.3, 0.4) is 0 Å². The highest BCUT2D eigenvalue weighted by atomic mass is 28.3. The maximum atomic E-state index is 2.63. The molecule has 0 atom stereocenters. The van der Waals surface area contributed by atoms with Gasteiger partial charge in [0.2, 0.25) is 0 Å². The molecule has 0 saturated carbocycles. The van der Waals surface area contributed by atoms with Crippen LogP contribution in [0.1, 0.15) is 167 Å². The van der Waals surface area contributed by atoms with Gasteiger partial charge in [0.25, 0.3) is 0 Å². The fraction of sp³-hybridized carbons (Fsp3) is 0.967. The molecule has 0 aromatic rings. The van der Waals surface area contributed by atoms with Crippen molar-refractivity contribution in [3.05, 3.63) is 6.04 Å². The van der Waals surface area contributed by atoms with E-state index in [1.165, 1.54) is 161 Å². The first-order valence-electron chi connectivity index (χ1n) is 14.9. The van der Waals surface area contributed by atoms with Crippen molar-refractivity contribution in [2.45, 2.75) is 187 Å². The van der Waals surface area contributed by atoms with Gasteiger partial charge in [-0.1, -0.05) is 187 Å². The van der Waals surface area contributed by atoms with Gasteiger partial charge in [0.15, 0.2) is 0 Å². The van der Waals surface area contributed by atoms with E-state index in [0.717, 1.165) is 0 Å². The van der Waals surface area contributed by atoms with Gasteiger partial charge in [0, 0.05) is 8.07 Å². The van der Waals surface area contributed by atoms with Crippen LogP contribution in [0.4, 0.5) is 0 Å². The molecule has 0 amide bonds. The molecule has 0 aliphatic carbocycles. The van der Waals surface area contributed by atoms with Crippen molar-refractivity contribution in [3.8, 4) is 0 Å². The Hall–Kier alpha value is 0.217. The van der Waals surface area contributed by atoms with Gasteiger partial charge < -0.3 is 0 Å². The van der Waals surface area contributed by atoms with E-state index >= 15 is 0 Å². The first kappa shape index (κ1) is 31.2. The van der Waals surface area contributed by atoms with Crippen LogP contribution in [0.5, 0.6) is 0 Å². The molecule has 0 rings (SSSR count). The minimum absolute atomic E-state index is 0.902. The van der Waals surface area contributed by atoms with Gasteiger partial charge in [0.05, 0.1) is 0 Å². The molecule has 187 valence electrons. The lowest BCUT2D eigenvalue weighted by Crippen LogP contribution is -2.20. The van der Waals surface area contributed by atoms with Crippen LogP contribution < -0.4 is 0 Å². The van der Waals surface area contributed by atoms with Crippen LogP contribution in [-0.2, 0) is 0 Å².